The molecular formula is C44H36F3NO3PRhS-. The average molecular weight is 850 g/mol. The van der Waals surface area contributed by atoms with Crippen LogP contribution in [0.4, 0.5) is 13.2 Å². The Bertz CT molecular complexity index is 2430. The standard InChI is InChI=1S/C35H24NP.C8H12.CHF3O3S.Rh/c1-3-14-26(15-4-1)37(27-16-5-2-6-17-27)33-24-23-25-13-7-8-18-28(25)34(33)35-31-21-10-9-19-29(31)30-20-11-12-22-32(30)36-35;1-2-4-6-8-7-5-3-1;2-1(3,4)8(5,6)7;/h1-24H;1-2,7-8H,3-6H2;(H,5,6,7);/p-1/b;2-1-,8-7-;;. The van der Waals surface area contributed by atoms with Crippen molar-refractivity contribution in [2.45, 2.75) is 31.2 Å². The molecule has 1 aromatic heterocycles. The van der Waals surface area contributed by atoms with E-state index in [9.17, 15) is 13.2 Å². The molecule has 277 valence electrons. The van der Waals surface area contributed by atoms with Crippen LogP contribution < -0.4 is 15.9 Å². The summed E-state index contributed by atoms with van der Waals surface area (Å²) < 4.78 is 58.9. The quantitative estimate of drug-likeness (QED) is 0.0442. The molecule has 0 spiro atoms. The van der Waals surface area contributed by atoms with Crippen molar-refractivity contribution in [3.63, 3.8) is 0 Å². The van der Waals surface area contributed by atoms with Gasteiger partial charge in [0.1, 0.15) is 0 Å². The van der Waals surface area contributed by atoms with Gasteiger partial charge in [0.2, 0.25) is 0 Å². The molecule has 7 aromatic rings. The number of aromatic nitrogens is 1. The van der Waals surface area contributed by atoms with Crippen molar-refractivity contribution in [1.29, 1.82) is 0 Å². The minimum atomic E-state index is -6.09. The second-order valence-corrected chi connectivity index (χ2v) is 15.8. The van der Waals surface area contributed by atoms with E-state index >= 15 is 0 Å². The summed E-state index contributed by atoms with van der Waals surface area (Å²) in [7, 11) is -6.89. The van der Waals surface area contributed by atoms with Gasteiger partial charge in [-0.2, -0.15) is 13.2 Å². The molecular weight excluding hydrogens is 813 g/mol. The topological polar surface area (TPSA) is 70.1 Å². The predicted molar refractivity (Wildman–Crippen MR) is 213 cm³/mol. The van der Waals surface area contributed by atoms with Gasteiger partial charge in [-0.3, -0.25) is 0 Å². The molecule has 0 bridgehead atoms. The Hall–Kier alpha value is -4.52. The number of fused-ring (bicyclic) bond motifs is 4. The van der Waals surface area contributed by atoms with E-state index in [1.54, 1.807) is 0 Å². The van der Waals surface area contributed by atoms with Crippen LogP contribution in [0.1, 0.15) is 25.7 Å². The fourth-order valence-corrected chi connectivity index (χ4v) is 8.70. The van der Waals surface area contributed by atoms with Crippen LogP contribution in [0.3, 0.4) is 0 Å². The third-order valence-corrected chi connectivity index (χ3v) is 11.7. The van der Waals surface area contributed by atoms with Crippen molar-refractivity contribution >= 4 is 66.4 Å². The van der Waals surface area contributed by atoms with Crippen molar-refractivity contribution in [3.05, 3.63) is 170 Å². The van der Waals surface area contributed by atoms with Gasteiger partial charge in [-0.1, -0.05) is 164 Å². The summed E-state index contributed by atoms with van der Waals surface area (Å²) >= 11 is 0. The van der Waals surface area contributed by atoms with E-state index in [1.807, 2.05) is 0 Å². The Balaban J connectivity index is 0.000000276. The summed E-state index contributed by atoms with van der Waals surface area (Å²) in [6.45, 7) is 0. The Labute approximate surface area is 327 Å². The zero-order chi connectivity index (χ0) is 37.3. The van der Waals surface area contributed by atoms with Gasteiger partial charge in [0.05, 0.1) is 11.2 Å². The molecule has 6 aromatic carbocycles. The summed E-state index contributed by atoms with van der Waals surface area (Å²) in [5, 5.41) is 10.1. The number of benzene rings is 6. The first-order chi connectivity index (χ1) is 25.6. The smallest absolute Gasteiger partial charge is 0.485 e. The fourth-order valence-electron chi connectivity index (χ4n) is 6.23. The summed E-state index contributed by atoms with van der Waals surface area (Å²) in [5.74, 6) is 0. The minimum absolute atomic E-state index is 0. The SMILES string of the molecule is C1=C\CC/C=C\CC/1.O=S(=O)([O-])C(F)(F)F.[Rh].c1ccc(P(c2ccccc2)c2ccc3ccccc3c2-c2nc3ccccc3c3ccccc23)cc1. The molecule has 54 heavy (non-hydrogen) atoms. The molecule has 0 aliphatic heterocycles. The molecule has 0 atom stereocenters. The maximum atomic E-state index is 10.7. The van der Waals surface area contributed by atoms with E-state index < -0.39 is 23.5 Å². The zero-order valence-electron chi connectivity index (χ0n) is 29.0. The van der Waals surface area contributed by atoms with Crippen LogP contribution in [-0.2, 0) is 29.6 Å². The van der Waals surface area contributed by atoms with Crippen molar-refractivity contribution in [2.75, 3.05) is 0 Å². The first-order valence-electron chi connectivity index (χ1n) is 17.2. The first kappa shape index (κ1) is 40.7. The van der Waals surface area contributed by atoms with E-state index in [2.05, 4.69) is 170 Å². The molecule has 8 rings (SSSR count). The van der Waals surface area contributed by atoms with Crippen LogP contribution in [0.2, 0.25) is 0 Å². The average Bonchev–Trinajstić information content (AvgIpc) is 3.15. The molecule has 4 nitrogen and oxygen atoms in total. The van der Waals surface area contributed by atoms with Gasteiger partial charge in [0.15, 0.2) is 10.1 Å². The third kappa shape index (κ3) is 9.77. The molecule has 0 unspecified atom stereocenters. The van der Waals surface area contributed by atoms with Crippen LogP contribution >= 0.6 is 7.92 Å². The summed E-state index contributed by atoms with van der Waals surface area (Å²) in [6, 6.07) is 52.4. The molecule has 0 fully saturated rings. The Morgan fingerprint density at radius 2 is 0.963 bits per heavy atom. The van der Waals surface area contributed by atoms with Gasteiger partial charge >= 0.3 is 5.51 Å². The number of rotatable bonds is 4. The van der Waals surface area contributed by atoms with Crippen LogP contribution in [0.15, 0.2) is 170 Å². The van der Waals surface area contributed by atoms with E-state index in [0.29, 0.717) is 0 Å². The number of hydrogen-bond donors (Lipinski definition) is 0. The second-order valence-electron chi connectivity index (χ2n) is 12.2. The largest absolute Gasteiger partial charge is 0.741 e. The first-order valence-corrected chi connectivity index (χ1v) is 19.9. The van der Waals surface area contributed by atoms with Crippen molar-refractivity contribution in [3.8, 4) is 11.3 Å². The Kier molecular flexibility index (Phi) is 14.1. The monoisotopic (exact) mass is 849 g/mol. The molecule has 0 N–H and O–H groups in total. The summed E-state index contributed by atoms with van der Waals surface area (Å²) in [4.78, 5) is 5.36. The van der Waals surface area contributed by atoms with Crippen LogP contribution in [0.5, 0.6) is 0 Å². The molecule has 10 heteroatoms. The number of pyridine rings is 1. The number of para-hydroxylation sites is 1. The maximum absolute atomic E-state index is 10.7. The van der Waals surface area contributed by atoms with Gasteiger partial charge < -0.3 is 4.55 Å². The molecule has 0 saturated carbocycles. The normalized spacial score (nSPS) is 14.1. The van der Waals surface area contributed by atoms with E-state index in [0.717, 1.165) is 11.2 Å². The number of halogens is 3. The molecule has 1 aliphatic rings. The summed E-state index contributed by atoms with van der Waals surface area (Å²) in [6.07, 6.45) is 14.0. The van der Waals surface area contributed by atoms with E-state index in [1.165, 1.54) is 74.1 Å². The molecule has 1 aliphatic carbocycles. The van der Waals surface area contributed by atoms with E-state index in [-0.39, 0.29) is 19.5 Å². The van der Waals surface area contributed by atoms with Crippen LogP contribution in [0.25, 0.3) is 43.7 Å². The molecule has 0 amide bonds. The van der Waals surface area contributed by atoms with Gasteiger partial charge in [0.25, 0.3) is 0 Å². The molecule has 1 radical (unpaired) electrons. The number of alkyl halides is 3. The van der Waals surface area contributed by atoms with Crippen molar-refractivity contribution in [2.24, 2.45) is 0 Å². The van der Waals surface area contributed by atoms with Gasteiger partial charge in [-0.05, 0) is 71.7 Å². The minimum Gasteiger partial charge on any atom is -0.741 e. The molecule has 1 heterocycles. The Morgan fingerprint density at radius 1 is 0.537 bits per heavy atom. The van der Waals surface area contributed by atoms with Gasteiger partial charge in [-0.25, -0.2) is 13.4 Å². The number of hydrogen-bond acceptors (Lipinski definition) is 4. The Morgan fingerprint density at radius 3 is 1.48 bits per heavy atom. The maximum Gasteiger partial charge on any atom is 0.485 e. The molecule has 0 saturated heterocycles. The predicted octanol–water partition coefficient (Wildman–Crippen LogP) is 10.7. The van der Waals surface area contributed by atoms with Crippen LogP contribution in [0, 0.1) is 0 Å². The number of nitrogens with zero attached hydrogens (tertiary/aromatic N) is 1. The fraction of sp³-hybridized carbons (Fsp3) is 0.114. The van der Waals surface area contributed by atoms with Crippen molar-refractivity contribution in [1.82, 2.24) is 4.98 Å². The second kappa shape index (κ2) is 18.7. The zero-order valence-corrected chi connectivity index (χ0v) is 32.3. The van der Waals surface area contributed by atoms with Crippen LogP contribution in [-0.4, -0.2) is 23.5 Å². The van der Waals surface area contributed by atoms with E-state index in [4.69, 9.17) is 18.0 Å². The van der Waals surface area contributed by atoms with Gasteiger partial charge in [-0.15, -0.1) is 0 Å². The summed E-state index contributed by atoms with van der Waals surface area (Å²) in [5.41, 5.74) is -2.33. The number of allylic oxidation sites excluding steroid dienone is 4. The van der Waals surface area contributed by atoms with Gasteiger partial charge in [0, 0.05) is 35.8 Å². The van der Waals surface area contributed by atoms with Crippen molar-refractivity contribution < 1.29 is 45.6 Å². The third-order valence-electron chi connectivity index (χ3n) is 8.64.